The van der Waals surface area contributed by atoms with Crippen LogP contribution in [-0.4, -0.2) is 38.8 Å². The molecule has 2 aliphatic heterocycles. The van der Waals surface area contributed by atoms with Gasteiger partial charge in [-0.25, -0.2) is 4.98 Å². The minimum absolute atomic E-state index is 0.118. The van der Waals surface area contributed by atoms with Gasteiger partial charge in [0.2, 0.25) is 5.91 Å². The van der Waals surface area contributed by atoms with Gasteiger partial charge in [0.25, 0.3) is 0 Å². The average Bonchev–Trinajstić information content (AvgIpc) is 3.24. The Morgan fingerprint density at radius 1 is 1.21 bits per heavy atom. The molecule has 3 aromatic rings. The van der Waals surface area contributed by atoms with Crippen LogP contribution in [0.2, 0.25) is 0 Å². The molecule has 0 spiro atoms. The lowest BCUT2D eigenvalue weighted by molar-refractivity contribution is -0.134. The molecule has 122 valence electrons. The lowest BCUT2D eigenvalue weighted by Crippen LogP contribution is -2.45. The molecule has 4 heterocycles. The summed E-state index contributed by atoms with van der Waals surface area (Å²) in [5.41, 5.74) is 5.60. The first-order valence-corrected chi connectivity index (χ1v) is 8.44. The van der Waals surface area contributed by atoms with E-state index in [9.17, 15) is 4.79 Å². The van der Waals surface area contributed by atoms with E-state index >= 15 is 0 Å². The summed E-state index contributed by atoms with van der Waals surface area (Å²) in [6.07, 6.45) is 3.47. The van der Waals surface area contributed by atoms with E-state index in [0.29, 0.717) is 6.54 Å². The predicted octanol–water partition coefficient (Wildman–Crippen LogP) is 1.66. The van der Waals surface area contributed by atoms with Crippen LogP contribution in [0.3, 0.4) is 0 Å². The number of hydrogen-bond donors (Lipinski definition) is 3. The van der Waals surface area contributed by atoms with E-state index in [2.05, 4.69) is 38.5 Å². The predicted molar refractivity (Wildman–Crippen MR) is 90.5 cm³/mol. The van der Waals surface area contributed by atoms with Crippen LogP contribution in [-0.2, 0) is 24.2 Å². The van der Waals surface area contributed by atoms with Gasteiger partial charge in [-0.2, -0.15) is 0 Å². The molecule has 0 aliphatic carbocycles. The number of amides is 1. The molecule has 6 nitrogen and oxygen atoms in total. The first kappa shape index (κ1) is 13.8. The van der Waals surface area contributed by atoms with E-state index in [1.165, 1.54) is 10.9 Å². The van der Waals surface area contributed by atoms with Crippen molar-refractivity contribution in [1.29, 1.82) is 0 Å². The van der Waals surface area contributed by atoms with Gasteiger partial charge in [-0.05, 0) is 18.1 Å². The third-order valence-corrected chi connectivity index (χ3v) is 5.19. The standard InChI is InChI=1S/C18H19N5O/c24-18(17-16-14(5-7-19-17)20-10-21-16)23-8-6-12-11-3-1-2-4-13(11)22-15(12)9-23/h1-4,10,17,19,22H,5-9H2,(H,20,21). The number of carbonyl (C=O) groups is 1. The van der Waals surface area contributed by atoms with Crippen LogP contribution < -0.4 is 5.32 Å². The second-order valence-electron chi connectivity index (χ2n) is 6.54. The molecular formula is C18H19N5O. The normalized spacial score (nSPS) is 20.0. The monoisotopic (exact) mass is 321 g/mol. The highest BCUT2D eigenvalue weighted by Crippen LogP contribution is 2.29. The van der Waals surface area contributed by atoms with Gasteiger partial charge in [-0.3, -0.25) is 4.79 Å². The first-order chi connectivity index (χ1) is 11.8. The number of nitrogens with zero attached hydrogens (tertiary/aromatic N) is 2. The SMILES string of the molecule is O=C(C1NCCc2[nH]cnc21)N1CCc2c([nH]c3ccccc23)C1. The fourth-order valence-electron chi connectivity index (χ4n) is 3.99. The van der Waals surface area contributed by atoms with Crippen LogP contribution in [0.4, 0.5) is 0 Å². The molecule has 0 saturated carbocycles. The summed E-state index contributed by atoms with van der Waals surface area (Å²) in [6, 6.07) is 8.03. The molecule has 5 rings (SSSR count). The number of nitrogens with one attached hydrogen (secondary N) is 3. The van der Waals surface area contributed by atoms with Crippen LogP contribution in [0, 0.1) is 0 Å². The van der Waals surface area contributed by atoms with Crippen molar-refractivity contribution in [2.24, 2.45) is 0 Å². The average molecular weight is 321 g/mol. The van der Waals surface area contributed by atoms with Crippen LogP contribution >= 0.6 is 0 Å². The van der Waals surface area contributed by atoms with Gasteiger partial charge in [0.1, 0.15) is 6.04 Å². The topological polar surface area (TPSA) is 76.8 Å². The zero-order valence-electron chi connectivity index (χ0n) is 13.3. The maximum atomic E-state index is 13.0. The van der Waals surface area contributed by atoms with Gasteiger partial charge in [0.05, 0.1) is 18.6 Å². The second-order valence-corrected chi connectivity index (χ2v) is 6.54. The van der Waals surface area contributed by atoms with Gasteiger partial charge in [-0.1, -0.05) is 18.2 Å². The number of para-hydroxylation sites is 1. The summed E-state index contributed by atoms with van der Waals surface area (Å²) in [4.78, 5) is 26.0. The lowest BCUT2D eigenvalue weighted by atomic mass is 10.0. The molecule has 1 aromatic carbocycles. The number of H-pyrrole nitrogens is 2. The second kappa shape index (κ2) is 5.21. The van der Waals surface area contributed by atoms with Crippen LogP contribution in [0.15, 0.2) is 30.6 Å². The van der Waals surface area contributed by atoms with Crippen molar-refractivity contribution in [2.75, 3.05) is 13.1 Å². The van der Waals surface area contributed by atoms with E-state index in [-0.39, 0.29) is 11.9 Å². The van der Waals surface area contributed by atoms with Crippen molar-refractivity contribution in [3.8, 4) is 0 Å². The molecule has 1 amide bonds. The van der Waals surface area contributed by atoms with Crippen molar-refractivity contribution < 1.29 is 4.79 Å². The van der Waals surface area contributed by atoms with Crippen molar-refractivity contribution >= 4 is 16.8 Å². The highest BCUT2D eigenvalue weighted by Gasteiger charge is 2.33. The largest absolute Gasteiger partial charge is 0.357 e. The number of fused-ring (bicyclic) bond motifs is 4. The highest BCUT2D eigenvalue weighted by molar-refractivity contribution is 5.87. The van der Waals surface area contributed by atoms with Crippen LogP contribution in [0.5, 0.6) is 0 Å². The van der Waals surface area contributed by atoms with Gasteiger partial charge in [-0.15, -0.1) is 0 Å². The smallest absolute Gasteiger partial charge is 0.246 e. The van der Waals surface area contributed by atoms with E-state index in [0.717, 1.165) is 48.5 Å². The Balaban J connectivity index is 1.44. The Morgan fingerprint density at radius 2 is 2.12 bits per heavy atom. The Labute approximate surface area is 139 Å². The molecule has 1 atom stereocenters. The highest BCUT2D eigenvalue weighted by atomic mass is 16.2. The molecule has 2 aromatic heterocycles. The number of rotatable bonds is 1. The maximum Gasteiger partial charge on any atom is 0.246 e. The zero-order valence-corrected chi connectivity index (χ0v) is 13.3. The number of benzene rings is 1. The van der Waals surface area contributed by atoms with Gasteiger partial charge < -0.3 is 20.2 Å². The van der Waals surface area contributed by atoms with Gasteiger partial charge in [0, 0.05) is 41.8 Å². The van der Waals surface area contributed by atoms with E-state index in [4.69, 9.17) is 0 Å². The number of imidazole rings is 1. The number of aromatic nitrogens is 3. The summed E-state index contributed by atoms with van der Waals surface area (Å²) >= 11 is 0. The lowest BCUT2D eigenvalue weighted by Gasteiger charge is -2.32. The summed E-state index contributed by atoms with van der Waals surface area (Å²) < 4.78 is 0. The van der Waals surface area contributed by atoms with Crippen molar-refractivity contribution in [3.63, 3.8) is 0 Å². The van der Waals surface area contributed by atoms with E-state index in [1.54, 1.807) is 6.33 Å². The molecule has 6 heteroatoms. The third kappa shape index (κ3) is 1.99. The van der Waals surface area contributed by atoms with Crippen molar-refractivity contribution in [2.45, 2.75) is 25.4 Å². The molecular weight excluding hydrogens is 302 g/mol. The Kier molecular flexibility index (Phi) is 2.99. The molecule has 0 fully saturated rings. The summed E-state index contributed by atoms with van der Waals surface area (Å²) in [6.45, 7) is 2.20. The fourth-order valence-corrected chi connectivity index (χ4v) is 3.99. The molecule has 0 bridgehead atoms. The van der Waals surface area contributed by atoms with Gasteiger partial charge >= 0.3 is 0 Å². The number of hydrogen-bond acceptors (Lipinski definition) is 3. The molecule has 0 radical (unpaired) electrons. The molecule has 3 N–H and O–H groups in total. The quantitative estimate of drug-likeness (QED) is 0.638. The molecule has 1 unspecified atom stereocenters. The summed E-state index contributed by atoms with van der Waals surface area (Å²) in [7, 11) is 0. The van der Waals surface area contributed by atoms with Gasteiger partial charge in [0.15, 0.2) is 0 Å². The summed E-state index contributed by atoms with van der Waals surface area (Å²) in [5, 5.41) is 4.61. The molecule has 0 saturated heterocycles. The minimum atomic E-state index is -0.328. The Hall–Kier alpha value is -2.60. The Morgan fingerprint density at radius 3 is 3.08 bits per heavy atom. The van der Waals surface area contributed by atoms with Crippen molar-refractivity contribution in [3.05, 3.63) is 53.2 Å². The molecule has 2 aliphatic rings. The van der Waals surface area contributed by atoms with Crippen LogP contribution in [0.25, 0.3) is 10.9 Å². The first-order valence-electron chi connectivity index (χ1n) is 8.44. The fraction of sp³-hybridized carbons (Fsp3) is 0.333. The molecule has 24 heavy (non-hydrogen) atoms. The number of aromatic amines is 2. The van der Waals surface area contributed by atoms with Crippen LogP contribution in [0.1, 0.15) is 28.7 Å². The Bertz CT molecular complexity index is 925. The van der Waals surface area contributed by atoms with Crippen molar-refractivity contribution in [1.82, 2.24) is 25.2 Å². The minimum Gasteiger partial charge on any atom is -0.357 e. The van der Waals surface area contributed by atoms with E-state index in [1.807, 2.05) is 11.0 Å². The summed E-state index contributed by atoms with van der Waals surface area (Å²) in [5.74, 6) is 0.118. The number of carbonyl (C=O) groups excluding carboxylic acids is 1. The zero-order chi connectivity index (χ0) is 16.1. The maximum absolute atomic E-state index is 13.0. The van der Waals surface area contributed by atoms with E-state index < -0.39 is 0 Å². The third-order valence-electron chi connectivity index (χ3n) is 5.19.